The Morgan fingerprint density at radius 3 is 2.49 bits per heavy atom. The molecule has 1 aliphatic heterocycles. The first kappa shape index (κ1) is 24.6. The number of likely N-dealkylation sites (N-methyl/N-ethyl adjacent to an activating group) is 1. The monoisotopic (exact) mass is 482 g/mol. The molecule has 1 amide bonds. The number of carbonyl (C=O) groups excluding carboxylic acids is 1. The number of phenolic OH excluding ortho intramolecular Hbond substituents is 1. The van der Waals surface area contributed by atoms with Crippen LogP contribution in [0.4, 0.5) is 4.39 Å². The summed E-state index contributed by atoms with van der Waals surface area (Å²) in [5, 5.41) is 18.7. The van der Waals surface area contributed by atoms with Gasteiger partial charge in [0.1, 0.15) is 17.3 Å². The number of nitrogens with two attached hydrogens (primary N) is 1. The van der Waals surface area contributed by atoms with Crippen molar-refractivity contribution in [2.75, 3.05) is 40.3 Å². The topological polar surface area (TPSA) is 110 Å². The van der Waals surface area contributed by atoms with Crippen molar-refractivity contribution in [3.05, 3.63) is 53.1 Å². The summed E-state index contributed by atoms with van der Waals surface area (Å²) in [6, 6.07) is 8.05. The molecule has 0 atom stereocenters. The molecule has 0 unspecified atom stereocenters. The van der Waals surface area contributed by atoms with Gasteiger partial charge >= 0.3 is 0 Å². The standard InChI is InChI=1S/C25H31FN6O3/c1-15(2)17-12-18(21(33)13-22(17)35-4)24-28-29-25(23(27)34)32(24)20-6-5-16(11-19(20)26)14-31-9-7-30(3)8-10-31/h5-6,11-13,15,33H,7-10,14H2,1-4H3,(H2,27,34). The molecule has 4 rings (SSSR count). The average Bonchev–Trinajstić information content (AvgIpc) is 3.25. The van der Waals surface area contributed by atoms with Crippen molar-refractivity contribution < 1.29 is 19.0 Å². The maximum atomic E-state index is 15.5. The number of hydrogen-bond acceptors (Lipinski definition) is 7. The highest BCUT2D eigenvalue weighted by Gasteiger charge is 2.25. The largest absolute Gasteiger partial charge is 0.507 e. The lowest BCUT2D eigenvalue weighted by Gasteiger charge is -2.32. The quantitative estimate of drug-likeness (QED) is 0.533. The summed E-state index contributed by atoms with van der Waals surface area (Å²) in [6.45, 7) is 8.35. The maximum Gasteiger partial charge on any atom is 0.287 e. The molecule has 35 heavy (non-hydrogen) atoms. The molecule has 1 saturated heterocycles. The minimum Gasteiger partial charge on any atom is -0.507 e. The number of amides is 1. The first-order valence-corrected chi connectivity index (χ1v) is 11.6. The number of piperazine rings is 1. The Balaban J connectivity index is 1.77. The number of benzene rings is 2. The number of hydrogen-bond donors (Lipinski definition) is 2. The molecule has 1 aromatic heterocycles. The number of primary amides is 1. The molecule has 9 nitrogen and oxygen atoms in total. The second-order valence-electron chi connectivity index (χ2n) is 9.18. The molecule has 1 aliphatic rings. The number of halogens is 1. The highest BCUT2D eigenvalue weighted by molar-refractivity contribution is 5.91. The van der Waals surface area contributed by atoms with Crippen molar-refractivity contribution in [3.63, 3.8) is 0 Å². The van der Waals surface area contributed by atoms with E-state index in [0.29, 0.717) is 12.3 Å². The van der Waals surface area contributed by atoms with Gasteiger partial charge in [-0.15, -0.1) is 10.2 Å². The second kappa shape index (κ2) is 10.0. The molecule has 0 aliphatic carbocycles. The van der Waals surface area contributed by atoms with Crippen molar-refractivity contribution in [3.8, 4) is 28.6 Å². The summed E-state index contributed by atoms with van der Waals surface area (Å²) in [5.41, 5.74) is 7.54. The van der Waals surface area contributed by atoms with Crippen LogP contribution in [0.2, 0.25) is 0 Å². The predicted octanol–water partition coefficient (Wildman–Crippen LogP) is 2.76. The lowest BCUT2D eigenvalue weighted by Crippen LogP contribution is -2.43. The van der Waals surface area contributed by atoms with E-state index in [1.54, 1.807) is 12.1 Å². The molecule has 186 valence electrons. The van der Waals surface area contributed by atoms with Crippen molar-refractivity contribution in [1.29, 1.82) is 0 Å². The van der Waals surface area contributed by atoms with Crippen LogP contribution in [-0.2, 0) is 6.54 Å². The van der Waals surface area contributed by atoms with E-state index >= 15 is 4.39 Å². The number of nitrogens with zero attached hydrogens (tertiary/aromatic N) is 5. The van der Waals surface area contributed by atoms with Gasteiger partial charge in [0, 0.05) is 38.8 Å². The fourth-order valence-corrected chi connectivity index (χ4v) is 4.33. The predicted molar refractivity (Wildman–Crippen MR) is 130 cm³/mol. The van der Waals surface area contributed by atoms with Gasteiger partial charge in [-0.25, -0.2) is 4.39 Å². The number of carbonyl (C=O) groups is 1. The fraction of sp³-hybridized carbons (Fsp3) is 0.400. The minimum absolute atomic E-state index is 0.0712. The molecule has 1 fully saturated rings. The van der Waals surface area contributed by atoms with E-state index in [0.717, 1.165) is 37.3 Å². The maximum absolute atomic E-state index is 15.5. The van der Waals surface area contributed by atoms with E-state index in [4.69, 9.17) is 10.5 Å². The zero-order valence-electron chi connectivity index (χ0n) is 20.5. The Morgan fingerprint density at radius 2 is 1.89 bits per heavy atom. The van der Waals surface area contributed by atoms with Crippen molar-refractivity contribution in [2.24, 2.45) is 5.73 Å². The summed E-state index contributed by atoms with van der Waals surface area (Å²) in [5.74, 6) is -1.08. The third-order valence-electron chi connectivity index (χ3n) is 6.35. The SMILES string of the molecule is COc1cc(O)c(-c2nnc(C(N)=O)n2-c2ccc(CN3CCN(C)CC3)cc2F)cc1C(C)C. The number of ether oxygens (including phenoxy) is 1. The average molecular weight is 483 g/mol. The first-order valence-electron chi connectivity index (χ1n) is 11.6. The third kappa shape index (κ3) is 4.98. The summed E-state index contributed by atoms with van der Waals surface area (Å²) in [6.07, 6.45) is 0. The van der Waals surface area contributed by atoms with E-state index in [2.05, 4.69) is 27.0 Å². The Kier molecular flexibility index (Phi) is 7.04. The smallest absolute Gasteiger partial charge is 0.287 e. The van der Waals surface area contributed by atoms with Crippen molar-refractivity contribution in [1.82, 2.24) is 24.6 Å². The van der Waals surface area contributed by atoms with Gasteiger partial charge in [-0.2, -0.15) is 0 Å². The van der Waals surface area contributed by atoms with E-state index < -0.39 is 11.7 Å². The van der Waals surface area contributed by atoms with Crippen molar-refractivity contribution in [2.45, 2.75) is 26.3 Å². The van der Waals surface area contributed by atoms with Gasteiger partial charge in [-0.05, 0) is 42.3 Å². The molecule has 2 aromatic carbocycles. The molecule has 2 heterocycles. The summed E-state index contributed by atoms with van der Waals surface area (Å²) < 4.78 is 22.1. The third-order valence-corrected chi connectivity index (χ3v) is 6.35. The summed E-state index contributed by atoms with van der Waals surface area (Å²) in [7, 11) is 3.61. The summed E-state index contributed by atoms with van der Waals surface area (Å²) >= 11 is 0. The molecular formula is C25H31FN6O3. The number of aromatic hydroxyl groups is 1. The van der Waals surface area contributed by atoms with E-state index in [1.165, 1.54) is 23.8 Å². The number of methoxy groups -OCH3 is 1. The molecule has 0 radical (unpaired) electrons. The van der Waals surface area contributed by atoms with Crippen LogP contribution in [0.15, 0.2) is 30.3 Å². The molecule has 3 N–H and O–H groups in total. The van der Waals surface area contributed by atoms with Crippen LogP contribution in [0.3, 0.4) is 0 Å². The molecular weight excluding hydrogens is 451 g/mol. The van der Waals surface area contributed by atoms with Crippen LogP contribution in [0.5, 0.6) is 11.5 Å². The van der Waals surface area contributed by atoms with Crippen LogP contribution >= 0.6 is 0 Å². The molecule has 0 saturated carbocycles. The van der Waals surface area contributed by atoms with Gasteiger partial charge in [-0.3, -0.25) is 14.3 Å². The minimum atomic E-state index is -0.859. The van der Waals surface area contributed by atoms with Gasteiger partial charge in [0.25, 0.3) is 5.91 Å². The van der Waals surface area contributed by atoms with Crippen molar-refractivity contribution >= 4 is 5.91 Å². The Hall–Kier alpha value is -3.50. The van der Waals surface area contributed by atoms with Crippen LogP contribution < -0.4 is 10.5 Å². The molecule has 0 bridgehead atoms. The van der Waals surface area contributed by atoms with Crippen LogP contribution in [0, 0.1) is 5.82 Å². The Bertz CT molecular complexity index is 1230. The molecule has 0 spiro atoms. The van der Waals surface area contributed by atoms with Crippen LogP contribution in [0.1, 0.15) is 41.5 Å². The number of aromatic nitrogens is 3. The van der Waals surface area contributed by atoms with Gasteiger partial charge in [0.05, 0.1) is 18.4 Å². The lowest BCUT2D eigenvalue weighted by atomic mass is 9.98. The van der Waals surface area contributed by atoms with E-state index in [-0.39, 0.29) is 34.6 Å². The number of phenols is 1. The summed E-state index contributed by atoms with van der Waals surface area (Å²) in [4.78, 5) is 16.7. The van der Waals surface area contributed by atoms with Gasteiger partial charge < -0.3 is 20.5 Å². The van der Waals surface area contributed by atoms with Crippen LogP contribution in [0.25, 0.3) is 17.1 Å². The first-order chi connectivity index (χ1) is 16.7. The van der Waals surface area contributed by atoms with Gasteiger partial charge in [0.15, 0.2) is 5.82 Å². The lowest BCUT2D eigenvalue weighted by molar-refractivity contribution is 0.0988. The zero-order chi connectivity index (χ0) is 25.3. The highest BCUT2D eigenvalue weighted by Crippen LogP contribution is 2.39. The fourth-order valence-electron chi connectivity index (χ4n) is 4.33. The second-order valence-corrected chi connectivity index (χ2v) is 9.18. The molecule has 10 heteroatoms. The Morgan fingerprint density at radius 1 is 1.17 bits per heavy atom. The van der Waals surface area contributed by atoms with Gasteiger partial charge in [0.2, 0.25) is 5.82 Å². The number of rotatable bonds is 7. The zero-order valence-corrected chi connectivity index (χ0v) is 20.5. The van der Waals surface area contributed by atoms with Gasteiger partial charge in [-0.1, -0.05) is 19.9 Å². The molecule has 3 aromatic rings. The van der Waals surface area contributed by atoms with E-state index in [9.17, 15) is 9.90 Å². The highest BCUT2D eigenvalue weighted by atomic mass is 19.1. The Labute approximate surface area is 203 Å². The normalized spacial score (nSPS) is 15.0. The van der Waals surface area contributed by atoms with E-state index in [1.807, 2.05) is 19.9 Å². The van der Waals surface area contributed by atoms with Crippen LogP contribution in [-0.4, -0.2) is 75.9 Å².